The molecule has 0 fully saturated rings. The third kappa shape index (κ3) is 12.5. The number of hydrogen-bond donors (Lipinski definition) is 1. The van der Waals surface area contributed by atoms with Crippen LogP contribution in [0.1, 0.15) is 146 Å². The molecule has 0 saturated carbocycles. The summed E-state index contributed by atoms with van der Waals surface area (Å²) in [5.74, 6) is 0.785. The Bertz CT molecular complexity index is 1060. The van der Waals surface area contributed by atoms with Crippen LogP contribution in [0.15, 0.2) is 81.5 Å². The maximum absolute atomic E-state index is 10.1. The Morgan fingerprint density at radius 2 is 1.44 bits per heavy atom. The molecule has 2 atom stereocenters. The number of aliphatic hydroxyl groups excluding tert-OH is 1. The van der Waals surface area contributed by atoms with Crippen molar-refractivity contribution in [2.45, 2.75) is 152 Å². The van der Waals surface area contributed by atoms with E-state index in [9.17, 15) is 5.11 Å². The summed E-state index contributed by atoms with van der Waals surface area (Å²) in [6.07, 6.45) is 30.5. The molecule has 1 heteroatoms. The van der Waals surface area contributed by atoms with Crippen molar-refractivity contribution < 1.29 is 5.11 Å². The Morgan fingerprint density at radius 3 is 2.05 bits per heavy atom. The van der Waals surface area contributed by atoms with Crippen LogP contribution in [0.2, 0.25) is 0 Å². The topological polar surface area (TPSA) is 20.2 Å². The molecule has 0 radical (unpaired) electrons. The predicted octanol–water partition coefficient (Wildman–Crippen LogP) is 12.3. The van der Waals surface area contributed by atoms with Crippen molar-refractivity contribution >= 4 is 0 Å². The van der Waals surface area contributed by atoms with E-state index in [0.29, 0.717) is 5.41 Å². The molecule has 1 nitrogen and oxygen atoms in total. The van der Waals surface area contributed by atoms with Crippen molar-refractivity contribution in [2.75, 3.05) is 0 Å². The normalized spacial score (nSPS) is 23.3. The maximum atomic E-state index is 10.1. The van der Waals surface area contributed by atoms with Gasteiger partial charge in [-0.25, -0.2) is 0 Å². The highest BCUT2D eigenvalue weighted by Crippen LogP contribution is 2.42. The highest BCUT2D eigenvalue weighted by atomic mass is 16.3. The highest BCUT2D eigenvalue weighted by molar-refractivity contribution is 5.37. The minimum atomic E-state index is -0.197. The summed E-state index contributed by atoms with van der Waals surface area (Å²) < 4.78 is 0. The van der Waals surface area contributed by atoms with Crippen molar-refractivity contribution in [1.82, 2.24) is 0 Å². The first-order valence-electron chi connectivity index (χ1n) is 16.6. The molecule has 0 heterocycles. The molecule has 41 heavy (non-hydrogen) atoms. The molecular formula is C40H64O. The lowest BCUT2D eigenvalue weighted by atomic mass is 9.71. The van der Waals surface area contributed by atoms with Crippen LogP contribution in [-0.4, -0.2) is 11.2 Å². The van der Waals surface area contributed by atoms with Crippen molar-refractivity contribution in [2.24, 2.45) is 16.7 Å². The van der Waals surface area contributed by atoms with Gasteiger partial charge in [-0.2, -0.15) is 0 Å². The second-order valence-corrected chi connectivity index (χ2v) is 14.8. The molecule has 0 aromatic heterocycles. The van der Waals surface area contributed by atoms with E-state index in [1.54, 1.807) is 11.1 Å². The fourth-order valence-corrected chi connectivity index (χ4v) is 6.94. The molecule has 0 amide bonds. The first-order valence-corrected chi connectivity index (χ1v) is 16.6. The molecule has 0 saturated heterocycles. The Hall–Kier alpha value is -1.86. The summed E-state index contributed by atoms with van der Waals surface area (Å²) in [5.41, 5.74) is 10.5. The molecule has 1 unspecified atom stereocenters. The lowest BCUT2D eigenvalue weighted by Crippen LogP contribution is -2.28. The second kappa shape index (κ2) is 16.7. The van der Waals surface area contributed by atoms with Crippen LogP contribution in [0, 0.1) is 16.7 Å². The minimum absolute atomic E-state index is 0.0472. The zero-order chi connectivity index (χ0) is 30.6. The summed E-state index contributed by atoms with van der Waals surface area (Å²) in [5, 5.41) is 10.1. The monoisotopic (exact) mass is 560 g/mol. The van der Waals surface area contributed by atoms with Gasteiger partial charge in [0.2, 0.25) is 0 Å². The Balaban J connectivity index is 1.68. The van der Waals surface area contributed by atoms with Gasteiger partial charge in [0.05, 0.1) is 6.10 Å². The van der Waals surface area contributed by atoms with Gasteiger partial charge in [0.1, 0.15) is 0 Å². The summed E-state index contributed by atoms with van der Waals surface area (Å²) in [6, 6.07) is 0. The first-order chi connectivity index (χ1) is 19.2. The zero-order valence-electron chi connectivity index (χ0n) is 28.6. The van der Waals surface area contributed by atoms with E-state index in [0.717, 1.165) is 31.6 Å². The van der Waals surface area contributed by atoms with Gasteiger partial charge in [-0.1, -0.05) is 111 Å². The van der Waals surface area contributed by atoms with Gasteiger partial charge < -0.3 is 5.11 Å². The summed E-state index contributed by atoms with van der Waals surface area (Å²) in [7, 11) is 0. The van der Waals surface area contributed by atoms with Crippen molar-refractivity contribution in [3.8, 4) is 0 Å². The molecule has 2 aliphatic carbocycles. The third-order valence-electron chi connectivity index (χ3n) is 9.57. The lowest BCUT2D eigenvalue weighted by molar-refractivity contribution is 0.116. The van der Waals surface area contributed by atoms with E-state index in [-0.39, 0.29) is 11.5 Å². The van der Waals surface area contributed by atoms with Crippen molar-refractivity contribution in [3.63, 3.8) is 0 Å². The Kier molecular flexibility index (Phi) is 14.4. The van der Waals surface area contributed by atoms with Gasteiger partial charge in [0, 0.05) is 0 Å². The molecule has 0 aromatic carbocycles. The fraction of sp³-hybridized carbons (Fsp3) is 0.650. The standard InChI is InChI=1S/C40H64O/c1-30(18-13-20-32(3)23-25-37-34(5)22-15-27-39(37,7)8)16-11-12-17-31(2)19-14-21-33(4)24-26-38-35(6)28-36(41)29-40(38,9)10/h17,20-21,23-26,30,36,41H,11-16,18-19,22,27-29H2,1-10H3/b25-23+,26-24+,31-17-,32-20+,33-21+/t30?,36-/m0/s1. The van der Waals surface area contributed by atoms with Crippen LogP contribution in [-0.2, 0) is 0 Å². The van der Waals surface area contributed by atoms with E-state index < -0.39 is 0 Å². The molecule has 0 spiro atoms. The molecular weight excluding hydrogens is 496 g/mol. The molecule has 2 rings (SSSR count). The maximum Gasteiger partial charge on any atom is 0.0585 e. The summed E-state index contributed by atoms with van der Waals surface area (Å²) in [4.78, 5) is 0. The molecule has 1 N–H and O–H groups in total. The summed E-state index contributed by atoms with van der Waals surface area (Å²) in [6.45, 7) is 23.0. The van der Waals surface area contributed by atoms with E-state index in [2.05, 4.69) is 112 Å². The van der Waals surface area contributed by atoms with Gasteiger partial charge in [0.15, 0.2) is 0 Å². The number of allylic oxidation sites excluding steroid dienone is 13. The largest absolute Gasteiger partial charge is 0.393 e. The number of hydrogen-bond acceptors (Lipinski definition) is 1. The summed E-state index contributed by atoms with van der Waals surface area (Å²) >= 11 is 0. The molecule has 2 aliphatic rings. The van der Waals surface area contributed by atoms with Crippen LogP contribution in [0.5, 0.6) is 0 Å². The molecule has 0 bridgehead atoms. The van der Waals surface area contributed by atoms with Crippen LogP contribution in [0.25, 0.3) is 0 Å². The average molecular weight is 561 g/mol. The SMILES string of the molecule is CC1=C(/C=C/C(C)=C/CCC(C)CCC/C=C(/C)CC/C=C(C)/C=C/C2=C(C)C[C@H](O)CC2(C)C)C(C)(C)CCC1. The van der Waals surface area contributed by atoms with Crippen LogP contribution in [0.4, 0.5) is 0 Å². The lowest BCUT2D eigenvalue weighted by Gasteiger charge is -2.35. The van der Waals surface area contributed by atoms with Gasteiger partial charge >= 0.3 is 0 Å². The number of rotatable bonds is 14. The number of aliphatic hydroxyl groups is 1. The fourth-order valence-electron chi connectivity index (χ4n) is 6.94. The Labute approximate surface area is 255 Å². The molecule has 0 aromatic rings. The highest BCUT2D eigenvalue weighted by Gasteiger charge is 2.31. The van der Waals surface area contributed by atoms with Gasteiger partial charge in [0.25, 0.3) is 0 Å². The van der Waals surface area contributed by atoms with E-state index in [1.165, 1.54) is 79.2 Å². The van der Waals surface area contributed by atoms with Crippen LogP contribution < -0.4 is 0 Å². The van der Waals surface area contributed by atoms with E-state index in [1.807, 2.05) is 0 Å². The zero-order valence-corrected chi connectivity index (χ0v) is 28.6. The van der Waals surface area contributed by atoms with Crippen LogP contribution in [0.3, 0.4) is 0 Å². The quantitative estimate of drug-likeness (QED) is 0.127. The van der Waals surface area contributed by atoms with Crippen LogP contribution >= 0.6 is 0 Å². The predicted molar refractivity (Wildman–Crippen MR) is 183 cm³/mol. The second-order valence-electron chi connectivity index (χ2n) is 14.8. The number of unbranched alkanes of at least 4 members (excludes halogenated alkanes) is 1. The smallest absolute Gasteiger partial charge is 0.0585 e. The molecule has 0 aliphatic heterocycles. The van der Waals surface area contributed by atoms with Gasteiger partial charge in [-0.05, 0) is 133 Å². The van der Waals surface area contributed by atoms with E-state index in [4.69, 9.17) is 0 Å². The molecule has 230 valence electrons. The Morgan fingerprint density at radius 1 is 0.829 bits per heavy atom. The van der Waals surface area contributed by atoms with Crippen molar-refractivity contribution in [1.29, 1.82) is 0 Å². The van der Waals surface area contributed by atoms with Gasteiger partial charge in [-0.3, -0.25) is 0 Å². The third-order valence-corrected chi connectivity index (χ3v) is 9.57. The van der Waals surface area contributed by atoms with Crippen molar-refractivity contribution in [3.05, 3.63) is 81.5 Å². The van der Waals surface area contributed by atoms with E-state index >= 15 is 0 Å². The van der Waals surface area contributed by atoms with Gasteiger partial charge in [-0.15, -0.1) is 0 Å². The first kappa shape index (κ1) is 35.3. The minimum Gasteiger partial charge on any atom is -0.393 e. The average Bonchev–Trinajstić information content (AvgIpc) is 2.84.